The highest BCUT2D eigenvalue weighted by atomic mass is 14.7. The van der Waals surface area contributed by atoms with Gasteiger partial charge in [0, 0.05) is 16.3 Å². The quantitative estimate of drug-likeness (QED) is 0.464. The summed E-state index contributed by atoms with van der Waals surface area (Å²) in [6.07, 6.45) is 0. The van der Waals surface area contributed by atoms with E-state index in [1.165, 1.54) is 0 Å². The molecule has 0 fully saturated rings. The van der Waals surface area contributed by atoms with Crippen LogP contribution in [-0.4, -0.2) is 4.98 Å². The number of hydrogen-bond donors (Lipinski definition) is 0. The molecule has 102 valence electrons. The van der Waals surface area contributed by atoms with Gasteiger partial charge in [0.25, 0.3) is 0 Å². The van der Waals surface area contributed by atoms with E-state index in [0.717, 1.165) is 32.9 Å². The highest BCUT2D eigenvalue weighted by Gasteiger charge is 2.09. The molecule has 0 aliphatic heterocycles. The van der Waals surface area contributed by atoms with Gasteiger partial charge in [-0.2, -0.15) is 5.26 Å². The van der Waals surface area contributed by atoms with Crippen LogP contribution >= 0.6 is 0 Å². The molecule has 0 aliphatic rings. The smallest absolute Gasteiger partial charge is 0.0999 e. The maximum absolute atomic E-state index is 9.50. The molecule has 0 bridgehead atoms. The van der Waals surface area contributed by atoms with Gasteiger partial charge in [0.2, 0.25) is 0 Å². The van der Waals surface area contributed by atoms with Gasteiger partial charge in [-0.05, 0) is 11.5 Å². The molecule has 0 atom stereocenters. The lowest BCUT2D eigenvalue weighted by Gasteiger charge is -2.08. The number of pyridine rings is 1. The monoisotopic (exact) mass is 280 g/mol. The summed E-state index contributed by atoms with van der Waals surface area (Å²) in [6.45, 7) is 0. The molecule has 1 heterocycles. The standard InChI is InChI=1S/C20H12N2/c21-13-16-12-19(15-7-2-1-3-8-15)22-20-17-9-5-4-6-14(17)10-11-18(16)20/h1-12H. The number of rotatable bonds is 1. The van der Waals surface area contributed by atoms with Crippen LogP contribution in [0.2, 0.25) is 0 Å². The zero-order chi connectivity index (χ0) is 14.9. The number of nitrogens with zero attached hydrogens (tertiary/aromatic N) is 2. The van der Waals surface area contributed by atoms with E-state index in [1.54, 1.807) is 0 Å². The molecular formula is C20H12N2. The molecule has 2 heteroatoms. The number of hydrogen-bond acceptors (Lipinski definition) is 2. The van der Waals surface area contributed by atoms with Crippen LogP contribution in [0, 0.1) is 11.3 Å². The zero-order valence-electron chi connectivity index (χ0n) is 11.8. The lowest BCUT2D eigenvalue weighted by atomic mass is 10.0. The fourth-order valence-electron chi connectivity index (χ4n) is 2.81. The molecule has 0 unspecified atom stereocenters. The average Bonchev–Trinajstić information content (AvgIpc) is 2.61. The number of nitriles is 1. The van der Waals surface area contributed by atoms with Crippen LogP contribution in [0.1, 0.15) is 5.56 Å². The van der Waals surface area contributed by atoms with E-state index in [1.807, 2.05) is 60.7 Å². The first-order chi connectivity index (χ1) is 10.9. The summed E-state index contributed by atoms with van der Waals surface area (Å²) in [4.78, 5) is 4.83. The lowest BCUT2D eigenvalue weighted by molar-refractivity contribution is 1.39. The Morgan fingerprint density at radius 1 is 0.773 bits per heavy atom. The largest absolute Gasteiger partial charge is 0.247 e. The molecular weight excluding hydrogens is 268 g/mol. The maximum Gasteiger partial charge on any atom is 0.0999 e. The van der Waals surface area contributed by atoms with E-state index in [-0.39, 0.29) is 0 Å². The van der Waals surface area contributed by atoms with Crippen molar-refractivity contribution in [2.75, 3.05) is 0 Å². The summed E-state index contributed by atoms with van der Waals surface area (Å²) in [7, 11) is 0. The minimum absolute atomic E-state index is 0.662. The predicted molar refractivity (Wildman–Crippen MR) is 89.4 cm³/mol. The minimum Gasteiger partial charge on any atom is -0.247 e. The molecule has 0 spiro atoms. The third-order valence-electron chi connectivity index (χ3n) is 3.89. The lowest BCUT2D eigenvalue weighted by Crippen LogP contribution is -1.90. The van der Waals surface area contributed by atoms with Crippen LogP contribution in [0.3, 0.4) is 0 Å². The van der Waals surface area contributed by atoms with E-state index in [9.17, 15) is 5.26 Å². The van der Waals surface area contributed by atoms with E-state index < -0.39 is 0 Å². The molecule has 4 aromatic rings. The van der Waals surface area contributed by atoms with Gasteiger partial charge in [-0.15, -0.1) is 0 Å². The van der Waals surface area contributed by atoms with Crippen molar-refractivity contribution >= 4 is 21.7 Å². The van der Waals surface area contributed by atoms with Crippen molar-refractivity contribution in [2.24, 2.45) is 0 Å². The van der Waals surface area contributed by atoms with Gasteiger partial charge in [-0.25, -0.2) is 4.98 Å². The van der Waals surface area contributed by atoms with Crippen LogP contribution in [-0.2, 0) is 0 Å². The fraction of sp³-hybridized carbons (Fsp3) is 0. The van der Waals surface area contributed by atoms with Crippen molar-refractivity contribution in [1.29, 1.82) is 5.26 Å². The van der Waals surface area contributed by atoms with Crippen LogP contribution in [0.5, 0.6) is 0 Å². The van der Waals surface area contributed by atoms with Crippen molar-refractivity contribution in [2.45, 2.75) is 0 Å². The topological polar surface area (TPSA) is 36.7 Å². The molecule has 0 amide bonds. The molecule has 4 rings (SSSR count). The molecule has 1 aromatic heterocycles. The minimum atomic E-state index is 0.662. The Morgan fingerprint density at radius 3 is 2.36 bits per heavy atom. The van der Waals surface area contributed by atoms with Crippen LogP contribution < -0.4 is 0 Å². The second-order valence-electron chi connectivity index (χ2n) is 5.22. The first-order valence-corrected chi connectivity index (χ1v) is 7.15. The molecule has 22 heavy (non-hydrogen) atoms. The van der Waals surface area contributed by atoms with E-state index in [4.69, 9.17) is 4.98 Å². The Morgan fingerprint density at radius 2 is 1.55 bits per heavy atom. The van der Waals surface area contributed by atoms with Crippen LogP contribution in [0.15, 0.2) is 72.8 Å². The summed E-state index contributed by atoms with van der Waals surface area (Å²) >= 11 is 0. The third kappa shape index (κ3) is 1.92. The Hall–Kier alpha value is -3.18. The van der Waals surface area contributed by atoms with Gasteiger partial charge in [0.05, 0.1) is 22.8 Å². The molecule has 0 aliphatic carbocycles. The van der Waals surface area contributed by atoms with E-state index in [2.05, 4.69) is 18.2 Å². The Bertz CT molecular complexity index is 1030. The molecule has 3 aromatic carbocycles. The first-order valence-electron chi connectivity index (χ1n) is 7.15. The normalized spacial score (nSPS) is 10.7. The number of benzene rings is 3. The second kappa shape index (κ2) is 4.98. The first kappa shape index (κ1) is 12.6. The second-order valence-corrected chi connectivity index (χ2v) is 5.22. The fourth-order valence-corrected chi connectivity index (χ4v) is 2.81. The highest BCUT2D eigenvalue weighted by Crippen LogP contribution is 2.29. The summed E-state index contributed by atoms with van der Waals surface area (Å²) in [6, 6.07) is 26.3. The van der Waals surface area contributed by atoms with E-state index in [0.29, 0.717) is 5.56 Å². The SMILES string of the molecule is N#Cc1cc(-c2ccccc2)nc2c1ccc1ccccc12. The molecule has 2 nitrogen and oxygen atoms in total. The van der Waals surface area contributed by atoms with Gasteiger partial charge in [0.15, 0.2) is 0 Å². The van der Waals surface area contributed by atoms with Gasteiger partial charge >= 0.3 is 0 Å². The summed E-state index contributed by atoms with van der Waals surface area (Å²) in [5, 5.41) is 12.6. The third-order valence-corrected chi connectivity index (χ3v) is 3.89. The van der Waals surface area contributed by atoms with Crippen molar-refractivity contribution < 1.29 is 0 Å². The molecule has 0 saturated heterocycles. The van der Waals surface area contributed by atoms with Crippen molar-refractivity contribution in [3.63, 3.8) is 0 Å². The Labute approximate surface area is 128 Å². The predicted octanol–water partition coefficient (Wildman–Crippen LogP) is 4.93. The van der Waals surface area contributed by atoms with Crippen LogP contribution in [0.4, 0.5) is 0 Å². The summed E-state index contributed by atoms with van der Waals surface area (Å²) < 4.78 is 0. The highest BCUT2D eigenvalue weighted by molar-refractivity contribution is 6.07. The van der Waals surface area contributed by atoms with Gasteiger partial charge in [-0.3, -0.25) is 0 Å². The van der Waals surface area contributed by atoms with Gasteiger partial charge in [0.1, 0.15) is 0 Å². The average molecular weight is 280 g/mol. The van der Waals surface area contributed by atoms with Crippen molar-refractivity contribution in [3.8, 4) is 17.3 Å². The summed E-state index contributed by atoms with van der Waals surface area (Å²) in [5.74, 6) is 0. The number of fused-ring (bicyclic) bond motifs is 3. The summed E-state index contributed by atoms with van der Waals surface area (Å²) in [5.41, 5.74) is 3.40. The Balaban J connectivity index is 2.14. The van der Waals surface area contributed by atoms with Crippen molar-refractivity contribution in [3.05, 3.63) is 78.4 Å². The van der Waals surface area contributed by atoms with Gasteiger partial charge in [-0.1, -0.05) is 66.7 Å². The molecule has 0 N–H and O–H groups in total. The zero-order valence-corrected chi connectivity index (χ0v) is 11.8. The number of aromatic nitrogens is 1. The van der Waals surface area contributed by atoms with Crippen LogP contribution in [0.25, 0.3) is 32.9 Å². The maximum atomic E-state index is 9.50. The molecule has 0 saturated carbocycles. The van der Waals surface area contributed by atoms with Crippen molar-refractivity contribution in [1.82, 2.24) is 4.98 Å². The van der Waals surface area contributed by atoms with Gasteiger partial charge < -0.3 is 0 Å². The Kier molecular flexibility index (Phi) is 2.84. The van der Waals surface area contributed by atoms with E-state index >= 15 is 0 Å². The molecule has 0 radical (unpaired) electrons.